The summed E-state index contributed by atoms with van der Waals surface area (Å²) in [4.78, 5) is 137. The molecule has 3 amide bonds. The number of hydrogen-bond acceptors (Lipinski definition) is 36. The molecule has 40 nitrogen and oxygen atoms in total. The molecular formula is C100H161N7O33S. The highest BCUT2D eigenvalue weighted by atomic mass is 32.2. The molecule has 6 heterocycles. The number of H-pyrrole nitrogens is 1. The summed E-state index contributed by atoms with van der Waals surface area (Å²) in [5, 5.41) is 101. The number of carbonyl (C=O) groups is 9. The first-order valence-corrected chi connectivity index (χ1v) is 50.7. The molecule has 5 aliphatic heterocycles. The van der Waals surface area contributed by atoms with Crippen molar-refractivity contribution in [2.75, 3.05) is 171 Å². The first-order valence-electron chi connectivity index (χ1n) is 49.3. The molecule has 1 spiro atoms. The Kier molecular flexibility index (Phi) is 55.4. The fourth-order valence-electron chi connectivity index (χ4n) is 19.6. The third-order valence-electron chi connectivity index (χ3n) is 27.0. The first kappa shape index (κ1) is 123. The molecule has 3 aromatic rings. The second-order valence-corrected chi connectivity index (χ2v) is 37.4. The molecule has 13 unspecified atom stereocenters. The third kappa shape index (κ3) is 35.7. The van der Waals surface area contributed by atoms with E-state index in [-0.39, 0.29) is 165 Å². The number of amides is 3. The summed E-state index contributed by atoms with van der Waals surface area (Å²) in [5.41, 5.74) is 2.93. The van der Waals surface area contributed by atoms with Crippen LogP contribution >= 0.6 is 11.8 Å². The number of rotatable bonds is 58. The lowest BCUT2D eigenvalue weighted by atomic mass is 9.47. The number of piperidine rings is 1. The number of unbranched alkanes of at least 4 members (excludes halogenated alkanes) is 1. The van der Waals surface area contributed by atoms with E-state index in [2.05, 4.69) is 112 Å². The van der Waals surface area contributed by atoms with Crippen molar-refractivity contribution in [2.45, 2.75) is 299 Å². The Hall–Kier alpha value is -8.08. The lowest BCUT2D eigenvalue weighted by Crippen LogP contribution is -2.80. The van der Waals surface area contributed by atoms with E-state index in [1.54, 1.807) is 0 Å². The van der Waals surface area contributed by atoms with Crippen LogP contribution in [0.4, 0.5) is 5.69 Å². The fourth-order valence-corrected chi connectivity index (χ4v) is 20.0. The highest BCUT2D eigenvalue weighted by Crippen LogP contribution is 2.67. The van der Waals surface area contributed by atoms with Crippen LogP contribution < -0.4 is 20.9 Å². The van der Waals surface area contributed by atoms with E-state index >= 15 is 4.79 Å². The van der Waals surface area contributed by atoms with E-state index in [1.165, 1.54) is 69.3 Å². The van der Waals surface area contributed by atoms with Gasteiger partial charge in [-0.3, -0.25) is 48.2 Å². The van der Waals surface area contributed by atoms with E-state index in [0.717, 1.165) is 67.6 Å². The van der Waals surface area contributed by atoms with Crippen LogP contribution in [0.2, 0.25) is 0 Å². The fraction of sp³-hybridized carbons (Fsp3) is 0.740. The van der Waals surface area contributed by atoms with Crippen LogP contribution in [0.5, 0.6) is 0 Å². The minimum absolute atomic E-state index is 0.0183. The predicted molar refractivity (Wildman–Crippen MR) is 520 cm³/mol. The van der Waals surface area contributed by atoms with E-state index in [0.29, 0.717) is 103 Å². The predicted octanol–water partition coefficient (Wildman–Crippen LogP) is 5.43. The smallest absolute Gasteiger partial charge is 0.373 e. The molecule has 1 aliphatic carbocycles. The minimum Gasteiger partial charge on any atom is -0.481 e. The Labute approximate surface area is 833 Å². The summed E-state index contributed by atoms with van der Waals surface area (Å²) in [5.74, 6) is -3.79. The van der Waals surface area contributed by atoms with Gasteiger partial charge in [-0.1, -0.05) is 78.0 Å². The molecule has 2 aromatic carbocycles. The molecule has 9 rings (SSSR count). The maximum absolute atomic E-state index is 15.2. The number of thioether (sulfide) groups is 1. The van der Waals surface area contributed by atoms with E-state index in [1.807, 2.05) is 41.0 Å². The number of esters is 4. The second kappa shape index (κ2) is 63.4. The van der Waals surface area contributed by atoms with Gasteiger partial charge in [0, 0.05) is 158 Å². The van der Waals surface area contributed by atoms with Gasteiger partial charge in [-0.25, -0.2) is 4.79 Å². The van der Waals surface area contributed by atoms with E-state index in [9.17, 15) is 58.8 Å². The van der Waals surface area contributed by atoms with Crippen LogP contribution in [0.3, 0.4) is 0 Å². The van der Waals surface area contributed by atoms with Crippen LogP contribution in [0, 0.1) is 18.3 Å². The quantitative estimate of drug-likeness (QED) is 0.0110. The lowest BCUT2D eigenvalue weighted by molar-refractivity contribution is -0.202. The number of likely N-dealkylation sites (N-methyl/N-ethyl adjacent to an activating group) is 1. The average molecular weight is 2020 g/mol. The highest BCUT2D eigenvalue weighted by Gasteiger charge is 2.78. The van der Waals surface area contributed by atoms with Crippen LogP contribution in [0.15, 0.2) is 48.6 Å². The molecule has 1 aromatic heterocycles. The molecule has 13 N–H and O–H groups in total. The van der Waals surface area contributed by atoms with Crippen LogP contribution in [0.25, 0.3) is 10.9 Å². The minimum atomic E-state index is -2.17. The Morgan fingerprint density at radius 2 is 1.15 bits per heavy atom. The zero-order chi connectivity index (χ0) is 105. The Morgan fingerprint density at radius 3 is 1.67 bits per heavy atom. The van der Waals surface area contributed by atoms with Gasteiger partial charge in [0.2, 0.25) is 17.7 Å². The monoisotopic (exact) mass is 2020 g/mol. The Morgan fingerprint density at radius 1 is 0.610 bits per heavy atom. The van der Waals surface area contributed by atoms with Crippen molar-refractivity contribution in [1.29, 1.82) is 0 Å². The number of carbonyl (C=O) groups excluding carboxylic acids is 10. The molecule has 6 aliphatic rings. The number of ether oxygens (including phenoxy) is 13. The lowest BCUT2D eigenvalue weighted by Gasteiger charge is -2.63. The van der Waals surface area contributed by atoms with Crippen molar-refractivity contribution >= 4 is 87.9 Å². The largest absolute Gasteiger partial charge is 0.481 e. The van der Waals surface area contributed by atoms with Crippen molar-refractivity contribution in [2.24, 2.45) is 11.3 Å². The molecule has 1 saturated carbocycles. The van der Waals surface area contributed by atoms with E-state index < -0.39 is 118 Å². The summed E-state index contributed by atoms with van der Waals surface area (Å²) in [6.45, 7) is 22.6. The number of aliphatic hydroxyl groups is 8. The zero-order valence-corrected chi connectivity index (χ0v) is 86.0. The molecule has 3 fully saturated rings. The van der Waals surface area contributed by atoms with Gasteiger partial charge in [0.25, 0.3) is 0 Å². The van der Waals surface area contributed by atoms with Crippen molar-refractivity contribution in [3.05, 3.63) is 76.5 Å². The second-order valence-electron chi connectivity index (χ2n) is 36.6. The molecule has 2 saturated heterocycles. The average Bonchev–Trinajstić information content (AvgIpc) is 1.44. The first-order chi connectivity index (χ1) is 67.4. The number of hydrogen-bond donors (Lipinski definition) is 13. The maximum Gasteiger partial charge on any atom is 0.373 e. The van der Waals surface area contributed by atoms with Gasteiger partial charge in [-0.05, 0) is 170 Å². The SMILES string of the molecule is CCC(CO)OC(CO)OC.CCC(CO)OC(COC(=O)CCC(=O)NCCCOCCCNC(=O)CSC)OC.CCC(CO)OC(COC(=O)CCC(=O)O)OC.CCC(CO)OC(COC(=O)CCCC(=O)NC(C)C(=O)OCCCCC(=O)[C@]1(O)C2N(C)c3cc(C)c([C@@]4(C)C[C@@H]5CN(CCc6c4[nH]c4ccccc64)CC(O)(CC)C5)cc3[C@@]23CCN2CC=C[C@](CC)(C23)[C@H]1O)OC.O=C=O. The van der Waals surface area contributed by atoms with Gasteiger partial charge in [0.15, 0.2) is 36.5 Å². The number of aliphatic hydroxyl groups excluding tert-OH is 6. The summed E-state index contributed by atoms with van der Waals surface area (Å²) in [6.07, 6.45) is 8.82. The Balaban J connectivity index is 0.000000451. The molecule has 141 heavy (non-hydrogen) atoms. The number of aromatic nitrogens is 1. The number of anilines is 1. The number of nitrogens with zero attached hydrogens (tertiary/aromatic N) is 3. The summed E-state index contributed by atoms with van der Waals surface area (Å²) in [6, 6.07) is 11.4. The molecule has 41 heteroatoms. The van der Waals surface area contributed by atoms with Crippen molar-refractivity contribution < 1.29 is 160 Å². The number of ketones is 1. The number of fused-ring (bicyclic) bond motifs is 6. The number of nitrogens with one attached hydrogen (secondary N) is 4. The number of aliphatic carboxylic acids is 1. The molecule has 800 valence electrons. The molecule has 0 radical (unpaired) electrons. The molecule has 19 atom stereocenters. The number of aromatic amines is 1. The third-order valence-corrected chi connectivity index (χ3v) is 27.6. The summed E-state index contributed by atoms with van der Waals surface area (Å²) in [7, 11) is 7.65. The zero-order valence-electron chi connectivity index (χ0n) is 85.2. The van der Waals surface area contributed by atoms with Crippen molar-refractivity contribution in [3.63, 3.8) is 0 Å². The molecule has 2 bridgehead atoms. The summed E-state index contributed by atoms with van der Waals surface area (Å²) < 4.78 is 67.4. The van der Waals surface area contributed by atoms with Gasteiger partial charge in [-0.15, -0.1) is 0 Å². The van der Waals surface area contributed by atoms with Crippen LogP contribution in [-0.4, -0.2) is 371 Å². The number of benzene rings is 2. The maximum atomic E-state index is 15.2. The topological polar surface area (TPSA) is 551 Å². The van der Waals surface area contributed by atoms with Gasteiger partial charge >= 0.3 is 36.0 Å². The van der Waals surface area contributed by atoms with Gasteiger partial charge in [-0.2, -0.15) is 21.4 Å². The highest BCUT2D eigenvalue weighted by molar-refractivity contribution is 7.99. The van der Waals surface area contributed by atoms with Crippen molar-refractivity contribution in [3.8, 4) is 0 Å². The number of carboxylic acids is 1. The number of carboxylic acid groups (broad SMARTS) is 1. The van der Waals surface area contributed by atoms with Gasteiger partial charge in [0.05, 0.1) is 101 Å². The number of Topliss-reactive ketones (excluding diaryl/α,β-unsaturated/α-hetero) is 1. The number of para-hydroxylation sites is 1. The van der Waals surface area contributed by atoms with Crippen molar-refractivity contribution in [1.82, 2.24) is 30.7 Å². The number of aryl methyl sites for hydroxylation is 1. The van der Waals surface area contributed by atoms with E-state index in [4.69, 9.17) is 96.7 Å². The normalized spacial score (nSPS) is 23.7. The standard InChI is InChI=1S/C61H87N5O12.C20H38N2O8S.C11H20O7.C7H16O4.CO2/c1-9-41(35-67)78-51(75-8)36-77-50(70)22-16-21-49(69)62-39(5)53(71)76-29-15-14-20-48(68)61(74)55-60(25-28-66-26-17-24-59(11-3,54(60)66)56(61)72)45-31-44(38(4)30-47(45)64(55)7)57(6)32-40-33-58(73,10-2)37-65(34-40)27-23-43-42-18-12-13-19-46(42)63-52(43)57;1-4-16(13-23)30-20(27-2)14-29-19(26)8-7-17(24)21-9-5-11-28-12-6-10-22-18(25)15-31-3;1-3-8(6-12)18-11(16-2)7-17-10(15)5-4-9(13)14;1-3-6(4-8)11-7(5-9)10-2;2-1-3/h12-13,17-19,24,30-31,39-41,51,54-56,63,67,72-74H,9-11,14-16,20-23,25-29,32-37H2,1-8H3,(H,62,69);16,20,23H,4-15H2,1-3H3,(H,21,24)(H,22,25);8,11-12H,3-7H2,1-2H3,(H,13,14);6-9H,3-5H2,1-2H3;/t39?,40-,41?,51?,54?,55?,56+,57+,58?,59+,60+,61-;;;;/m0..../s1. The van der Waals surface area contributed by atoms with Gasteiger partial charge < -0.3 is 133 Å². The number of methoxy groups -OCH3 is 4. The summed E-state index contributed by atoms with van der Waals surface area (Å²) >= 11 is 1.48. The Bertz CT molecular complexity index is 4340. The van der Waals surface area contributed by atoms with Gasteiger partial charge in [0.1, 0.15) is 32.0 Å². The van der Waals surface area contributed by atoms with Crippen LogP contribution in [-0.2, 0) is 132 Å². The van der Waals surface area contributed by atoms with Crippen LogP contribution in [0.1, 0.15) is 218 Å². The molecular weight excluding hydrogens is 1860 g/mol.